The van der Waals surface area contributed by atoms with Gasteiger partial charge in [0.05, 0.1) is 21.3 Å². The average molecular weight is 498 g/mol. The van der Waals surface area contributed by atoms with Gasteiger partial charge in [-0.3, -0.25) is 4.90 Å². The number of rotatable bonds is 4. The first-order chi connectivity index (χ1) is 13.8. The summed E-state index contributed by atoms with van der Waals surface area (Å²) in [5.41, 5.74) is 2.91. The minimum Gasteiger partial charge on any atom is -0.478 e. The van der Waals surface area contributed by atoms with Crippen molar-refractivity contribution in [3.8, 4) is 0 Å². The fourth-order valence-electron chi connectivity index (χ4n) is 3.83. The third-order valence-electron chi connectivity index (χ3n) is 5.52. The molecular formula is C21H19BrCl2N2O3. The number of benzene rings is 2. The largest absolute Gasteiger partial charge is 0.478 e. The van der Waals surface area contributed by atoms with Crippen LogP contribution in [-0.4, -0.2) is 40.4 Å². The minimum absolute atomic E-state index is 0.268. The zero-order valence-electron chi connectivity index (χ0n) is 15.5. The molecule has 0 bridgehead atoms. The summed E-state index contributed by atoms with van der Waals surface area (Å²) in [6.07, 6.45) is 2.51. The predicted octanol–water partition coefficient (Wildman–Crippen LogP) is 5.61. The van der Waals surface area contributed by atoms with Gasteiger partial charge in [0, 0.05) is 43.4 Å². The molecule has 0 aliphatic carbocycles. The van der Waals surface area contributed by atoms with Gasteiger partial charge in [-0.05, 0) is 51.3 Å². The van der Waals surface area contributed by atoms with Crippen LogP contribution in [0.4, 0.5) is 0 Å². The molecule has 2 heterocycles. The molecule has 2 aromatic carbocycles. The fraction of sp³-hybridized carbons (Fsp3) is 0.333. The van der Waals surface area contributed by atoms with Crippen LogP contribution >= 0.6 is 39.1 Å². The molecule has 1 saturated heterocycles. The third kappa shape index (κ3) is 4.45. The zero-order valence-corrected chi connectivity index (χ0v) is 18.6. The first-order valence-corrected chi connectivity index (χ1v) is 10.8. The lowest BCUT2D eigenvalue weighted by Gasteiger charge is -2.37. The molecule has 152 valence electrons. The summed E-state index contributed by atoms with van der Waals surface area (Å²) in [5.74, 6) is -0.931. The Morgan fingerprint density at radius 3 is 2.52 bits per heavy atom. The van der Waals surface area contributed by atoms with Gasteiger partial charge in [-0.2, -0.15) is 0 Å². The van der Waals surface area contributed by atoms with Crippen LogP contribution in [0, 0.1) is 0 Å². The Bertz CT molecular complexity index is 947. The van der Waals surface area contributed by atoms with Crippen LogP contribution in [0.2, 0.25) is 10.0 Å². The van der Waals surface area contributed by atoms with E-state index in [0.717, 1.165) is 60.2 Å². The molecule has 2 aromatic rings. The van der Waals surface area contributed by atoms with Gasteiger partial charge in [-0.25, -0.2) is 4.79 Å². The van der Waals surface area contributed by atoms with Crippen molar-refractivity contribution in [3.63, 3.8) is 0 Å². The minimum atomic E-state index is -0.931. The van der Waals surface area contributed by atoms with Crippen LogP contribution in [0.25, 0.3) is 0 Å². The van der Waals surface area contributed by atoms with Crippen molar-refractivity contribution in [2.75, 3.05) is 13.1 Å². The maximum atomic E-state index is 11.0. The van der Waals surface area contributed by atoms with E-state index in [1.165, 1.54) is 0 Å². The molecule has 0 atom stereocenters. The SMILES string of the molecule is O=C(O)c1ccc(C2=NOC3(CCN(Cc4cc(Cl)c(Cl)c(Br)c4)CC3)C2)cc1. The van der Waals surface area contributed by atoms with Crippen LogP contribution in [0.15, 0.2) is 46.0 Å². The van der Waals surface area contributed by atoms with Crippen LogP contribution in [0.1, 0.15) is 40.7 Å². The second kappa shape index (κ2) is 8.26. The lowest BCUT2D eigenvalue weighted by atomic mass is 9.85. The number of likely N-dealkylation sites (tertiary alicyclic amines) is 1. The Morgan fingerprint density at radius 2 is 1.90 bits per heavy atom. The van der Waals surface area contributed by atoms with Crippen molar-refractivity contribution < 1.29 is 14.7 Å². The molecule has 1 N–H and O–H groups in total. The van der Waals surface area contributed by atoms with E-state index in [-0.39, 0.29) is 11.2 Å². The molecule has 0 saturated carbocycles. The third-order valence-corrected chi connectivity index (χ3v) is 7.18. The van der Waals surface area contributed by atoms with Crippen molar-refractivity contribution in [1.29, 1.82) is 0 Å². The Kier molecular flexibility index (Phi) is 5.89. The lowest BCUT2D eigenvalue weighted by Crippen LogP contribution is -2.44. The normalized spacial score (nSPS) is 18.5. The van der Waals surface area contributed by atoms with Crippen LogP contribution in [-0.2, 0) is 11.4 Å². The fourth-order valence-corrected chi connectivity index (χ4v) is 4.80. The summed E-state index contributed by atoms with van der Waals surface area (Å²) >= 11 is 15.7. The summed E-state index contributed by atoms with van der Waals surface area (Å²) in [7, 11) is 0. The number of carbonyl (C=O) groups is 1. The molecule has 1 spiro atoms. The molecule has 2 aliphatic rings. The molecular weight excluding hydrogens is 479 g/mol. The first kappa shape index (κ1) is 20.7. The van der Waals surface area contributed by atoms with E-state index in [2.05, 4.69) is 26.0 Å². The number of carboxylic acids is 1. The van der Waals surface area contributed by atoms with E-state index >= 15 is 0 Å². The molecule has 0 unspecified atom stereocenters. The van der Waals surface area contributed by atoms with Crippen LogP contribution in [0.3, 0.4) is 0 Å². The Labute approximate surface area is 187 Å². The average Bonchev–Trinajstić information content (AvgIpc) is 3.12. The number of hydrogen-bond donors (Lipinski definition) is 1. The number of oxime groups is 1. The number of carboxylic acid groups (broad SMARTS) is 1. The van der Waals surface area contributed by atoms with Crippen molar-refractivity contribution in [1.82, 2.24) is 4.90 Å². The smallest absolute Gasteiger partial charge is 0.335 e. The highest BCUT2D eigenvalue weighted by atomic mass is 79.9. The molecule has 0 amide bonds. The van der Waals surface area contributed by atoms with E-state index < -0.39 is 5.97 Å². The molecule has 8 heteroatoms. The van der Waals surface area contributed by atoms with Gasteiger partial charge in [-0.15, -0.1) is 0 Å². The summed E-state index contributed by atoms with van der Waals surface area (Å²) < 4.78 is 0.807. The number of piperidine rings is 1. The summed E-state index contributed by atoms with van der Waals surface area (Å²) in [6.45, 7) is 2.60. The Hall–Kier alpha value is -1.60. The quantitative estimate of drug-likeness (QED) is 0.557. The van der Waals surface area contributed by atoms with Crippen LogP contribution < -0.4 is 0 Å². The molecule has 0 radical (unpaired) electrons. The summed E-state index contributed by atoms with van der Waals surface area (Å²) in [6, 6.07) is 10.7. The van der Waals surface area contributed by atoms with Crippen molar-refractivity contribution in [3.05, 3.63) is 67.6 Å². The van der Waals surface area contributed by atoms with E-state index in [1.54, 1.807) is 24.3 Å². The highest BCUT2D eigenvalue weighted by molar-refractivity contribution is 9.10. The van der Waals surface area contributed by atoms with Gasteiger partial charge < -0.3 is 9.94 Å². The van der Waals surface area contributed by atoms with Gasteiger partial charge in [0.25, 0.3) is 0 Å². The monoisotopic (exact) mass is 496 g/mol. The van der Waals surface area contributed by atoms with Crippen molar-refractivity contribution in [2.24, 2.45) is 5.16 Å². The highest BCUT2D eigenvalue weighted by Gasteiger charge is 2.42. The van der Waals surface area contributed by atoms with Gasteiger partial charge in [0.2, 0.25) is 0 Å². The van der Waals surface area contributed by atoms with Crippen molar-refractivity contribution in [2.45, 2.75) is 31.4 Å². The van der Waals surface area contributed by atoms with Crippen LogP contribution in [0.5, 0.6) is 0 Å². The van der Waals surface area contributed by atoms with Crippen molar-refractivity contribution >= 4 is 50.8 Å². The molecule has 4 rings (SSSR count). The van der Waals surface area contributed by atoms with Gasteiger partial charge in [0.1, 0.15) is 5.60 Å². The van der Waals surface area contributed by atoms with E-state index in [1.807, 2.05) is 12.1 Å². The number of hydrogen-bond acceptors (Lipinski definition) is 4. The van der Waals surface area contributed by atoms with E-state index in [0.29, 0.717) is 10.0 Å². The first-order valence-electron chi connectivity index (χ1n) is 9.30. The topological polar surface area (TPSA) is 62.1 Å². The highest BCUT2D eigenvalue weighted by Crippen LogP contribution is 2.37. The van der Waals surface area contributed by atoms with E-state index in [9.17, 15) is 4.79 Å². The second-order valence-corrected chi connectivity index (χ2v) is 9.16. The predicted molar refractivity (Wildman–Crippen MR) is 117 cm³/mol. The Balaban J connectivity index is 1.36. The summed E-state index contributed by atoms with van der Waals surface area (Å²) in [5, 5.41) is 14.4. The molecule has 5 nitrogen and oxygen atoms in total. The molecule has 1 fully saturated rings. The Morgan fingerprint density at radius 1 is 1.21 bits per heavy atom. The molecule has 2 aliphatic heterocycles. The lowest BCUT2D eigenvalue weighted by molar-refractivity contribution is -0.0627. The number of aromatic carboxylic acids is 1. The number of halogens is 3. The maximum Gasteiger partial charge on any atom is 0.335 e. The van der Waals surface area contributed by atoms with Gasteiger partial charge in [-0.1, -0.05) is 40.5 Å². The summed E-state index contributed by atoms with van der Waals surface area (Å²) in [4.78, 5) is 19.3. The maximum absolute atomic E-state index is 11.0. The second-order valence-electron chi connectivity index (χ2n) is 7.52. The standard InChI is InChI=1S/C21H19BrCl2N2O3/c22-16-9-13(10-17(23)19(16)24)12-26-7-5-21(6-8-26)11-18(25-29-21)14-1-3-15(4-2-14)20(27)28/h1-4,9-10H,5-8,11-12H2,(H,27,28). The van der Waals surface area contributed by atoms with Gasteiger partial charge >= 0.3 is 5.97 Å². The zero-order chi connectivity index (χ0) is 20.6. The number of nitrogens with zero attached hydrogens (tertiary/aromatic N) is 2. The molecule has 29 heavy (non-hydrogen) atoms. The van der Waals surface area contributed by atoms with E-state index in [4.69, 9.17) is 33.1 Å². The molecule has 0 aromatic heterocycles. The van der Waals surface area contributed by atoms with Gasteiger partial charge in [0.15, 0.2) is 0 Å².